The lowest BCUT2D eigenvalue weighted by Gasteiger charge is -2.35. The van der Waals surface area contributed by atoms with Gasteiger partial charge in [0.15, 0.2) is 0 Å². The Morgan fingerprint density at radius 1 is 1.28 bits per heavy atom. The quantitative estimate of drug-likeness (QED) is 0.676. The van der Waals surface area contributed by atoms with E-state index in [9.17, 15) is 9.59 Å². The molecule has 0 N–H and O–H groups in total. The molecule has 0 aromatic carbocycles. The van der Waals surface area contributed by atoms with Crippen LogP contribution in [-0.4, -0.2) is 41.3 Å². The molecular formula is C13H23NO4. The van der Waals surface area contributed by atoms with Gasteiger partial charge in [0.25, 0.3) is 0 Å². The summed E-state index contributed by atoms with van der Waals surface area (Å²) in [5, 5.41) is 0. The maximum absolute atomic E-state index is 12.2. The summed E-state index contributed by atoms with van der Waals surface area (Å²) in [5.41, 5.74) is -0.961. The van der Waals surface area contributed by atoms with Gasteiger partial charge in [0.1, 0.15) is 11.6 Å². The largest absolute Gasteiger partial charge is 0.467 e. The number of esters is 1. The minimum absolute atomic E-state index is 0.383. The van der Waals surface area contributed by atoms with E-state index in [0.717, 1.165) is 6.42 Å². The SMILES string of the molecule is COC(=O)[C@@H]1CCC(C)(C)N1C(=O)OC(C)(C)C. The van der Waals surface area contributed by atoms with Gasteiger partial charge in [-0.15, -0.1) is 0 Å². The number of carbonyl (C=O) groups excluding carboxylic acids is 2. The number of rotatable bonds is 1. The molecule has 0 unspecified atom stereocenters. The summed E-state index contributed by atoms with van der Waals surface area (Å²) in [6, 6.07) is -0.542. The number of carbonyl (C=O) groups is 2. The van der Waals surface area contributed by atoms with Crippen LogP contribution < -0.4 is 0 Å². The second-order valence-corrected chi connectivity index (χ2v) is 6.24. The fourth-order valence-electron chi connectivity index (χ4n) is 2.21. The van der Waals surface area contributed by atoms with E-state index in [1.165, 1.54) is 12.0 Å². The molecule has 104 valence electrons. The van der Waals surface area contributed by atoms with E-state index in [4.69, 9.17) is 9.47 Å². The van der Waals surface area contributed by atoms with Crippen LogP contribution in [0.25, 0.3) is 0 Å². The number of hydrogen-bond donors (Lipinski definition) is 0. The van der Waals surface area contributed by atoms with Crippen molar-refractivity contribution in [2.45, 2.75) is 64.6 Å². The third-order valence-corrected chi connectivity index (χ3v) is 3.06. The van der Waals surface area contributed by atoms with E-state index in [0.29, 0.717) is 6.42 Å². The molecule has 1 saturated heterocycles. The molecule has 0 saturated carbocycles. The lowest BCUT2D eigenvalue weighted by Crippen LogP contribution is -2.51. The molecular weight excluding hydrogens is 234 g/mol. The Morgan fingerprint density at radius 3 is 2.28 bits per heavy atom. The summed E-state index contributed by atoms with van der Waals surface area (Å²) < 4.78 is 10.1. The van der Waals surface area contributed by atoms with E-state index in [2.05, 4.69) is 0 Å². The normalized spacial score (nSPS) is 22.8. The van der Waals surface area contributed by atoms with Crippen LogP contribution >= 0.6 is 0 Å². The molecule has 1 aliphatic rings. The molecule has 0 aromatic heterocycles. The number of nitrogens with zero attached hydrogens (tertiary/aromatic N) is 1. The van der Waals surface area contributed by atoms with E-state index in [1.807, 2.05) is 13.8 Å². The average molecular weight is 257 g/mol. The summed E-state index contributed by atoms with van der Waals surface area (Å²) in [7, 11) is 1.33. The van der Waals surface area contributed by atoms with Crippen LogP contribution in [0.5, 0.6) is 0 Å². The molecule has 1 amide bonds. The molecule has 0 spiro atoms. The Kier molecular flexibility index (Phi) is 3.93. The van der Waals surface area contributed by atoms with E-state index >= 15 is 0 Å². The highest BCUT2D eigenvalue weighted by Gasteiger charge is 2.47. The lowest BCUT2D eigenvalue weighted by atomic mass is 10.0. The van der Waals surface area contributed by atoms with E-state index in [1.54, 1.807) is 20.8 Å². The molecule has 5 heteroatoms. The van der Waals surface area contributed by atoms with Crippen LogP contribution in [0.15, 0.2) is 0 Å². The van der Waals surface area contributed by atoms with Crippen molar-refractivity contribution in [3.8, 4) is 0 Å². The van der Waals surface area contributed by atoms with Gasteiger partial charge in [-0.1, -0.05) is 0 Å². The minimum Gasteiger partial charge on any atom is -0.467 e. The standard InChI is InChI=1S/C13H23NO4/c1-12(2,3)18-11(16)14-9(10(15)17-6)7-8-13(14,4)5/h9H,7-8H2,1-6H3/t9-/m0/s1. The number of amides is 1. The van der Waals surface area contributed by atoms with Crippen LogP contribution in [0.3, 0.4) is 0 Å². The molecule has 0 bridgehead atoms. The van der Waals surface area contributed by atoms with Gasteiger partial charge in [0.2, 0.25) is 0 Å². The Bertz CT molecular complexity index is 343. The molecule has 0 aromatic rings. The maximum Gasteiger partial charge on any atom is 0.411 e. The molecule has 0 radical (unpaired) electrons. The van der Waals surface area contributed by atoms with Crippen molar-refractivity contribution in [1.82, 2.24) is 4.90 Å². The molecule has 18 heavy (non-hydrogen) atoms. The summed E-state index contributed by atoms with van der Waals surface area (Å²) >= 11 is 0. The second-order valence-electron chi connectivity index (χ2n) is 6.24. The second kappa shape index (κ2) is 4.78. The summed E-state index contributed by atoms with van der Waals surface area (Å²) in [4.78, 5) is 25.4. The highest BCUT2D eigenvalue weighted by atomic mass is 16.6. The summed E-state index contributed by atoms with van der Waals surface area (Å²) in [6.45, 7) is 9.28. The van der Waals surface area contributed by atoms with Crippen LogP contribution in [0.1, 0.15) is 47.5 Å². The number of hydrogen-bond acceptors (Lipinski definition) is 4. The topological polar surface area (TPSA) is 55.8 Å². The third-order valence-electron chi connectivity index (χ3n) is 3.06. The predicted molar refractivity (Wildman–Crippen MR) is 67.2 cm³/mol. The van der Waals surface area contributed by atoms with Gasteiger partial charge in [0.05, 0.1) is 7.11 Å². The zero-order valence-electron chi connectivity index (χ0n) is 12.1. The van der Waals surface area contributed by atoms with Gasteiger partial charge >= 0.3 is 12.1 Å². The molecule has 5 nitrogen and oxygen atoms in total. The van der Waals surface area contributed by atoms with E-state index in [-0.39, 0.29) is 11.5 Å². The monoisotopic (exact) mass is 257 g/mol. The van der Waals surface area contributed by atoms with Crippen molar-refractivity contribution in [2.75, 3.05) is 7.11 Å². The fraction of sp³-hybridized carbons (Fsp3) is 0.846. The van der Waals surface area contributed by atoms with Crippen LogP contribution in [0.2, 0.25) is 0 Å². The zero-order valence-corrected chi connectivity index (χ0v) is 12.1. The molecule has 1 aliphatic heterocycles. The number of likely N-dealkylation sites (tertiary alicyclic amines) is 1. The Hall–Kier alpha value is -1.26. The highest BCUT2D eigenvalue weighted by molar-refractivity contribution is 5.82. The van der Waals surface area contributed by atoms with Crippen molar-refractivity contribution in [2.24, 2.45) is 0 Å². The van der Waals surface area contributed by atoms with E-state index < -0.39 is 17.7 Å². The zero-order chi connectivity index (χ0) is 14.1. The van der Waals surface area contributed by atoms with Crippen molar-refractivity contribution >= 4 is 12.1 Å². The van der Waals surface area contributed by atoms with Crippen molar-refractivity contribution in [3.63, 3.8) is 0 Å². The van der Waals surface area contributed by atoms with Gasteiger partial charge in [-0.2, -0.15) is 0 Å². The van der Waals surface area contributed by atoms with Gasteiger partial charge in [0, 0.05) is 5.54 Å². The van der Waals surface area contributed by atoms with Crippen LogP contribution in [0, 0.1) is 0 Å². The van der Waals surface area contributed by atoms with Gasteiger partial charge in [-0.05, 0) is 47.5 Å². The number of methoxy groups -OCH3 is 1. The summed E-state index contributed by atoms with van der Waals surface area (Å²) in [6.07, 6.45) is 0.908. The van der Waals surface area contributed by atoms with Crippen molar-refractivity contribution in [1.29, 1.82) is 0 Å². The minimum atomic E-state index is -0.573. The first-order valence-corrected chi connectivity index (χ1v) is 6.18. The Balaban J connectivity index is 2.92. The van der Waals surface area contributed by atoms with Gasteiger partial charge < -0.3 is 9.47 Å². The lowest BCUT2D eigenvalue weighted by molar-refractivity contribution is -0.146. The first kappa shape index (κ1) is 14.8. The maximum atomic E-state index is 12.2. The predicted octanol–water partition coefficient (Wildman–Crippen LogP) is 2.34. The highest BCUT2D eigenvalue weighted by Crippen LogP contribution is 2.35. The van der Waals surface area contributed by atoms with Gasteiger partial charge in [-0.3, -0.25) is 4.90 Å². The van der Waals surface area contributed by atoms with Crippen LogP contribution in [-0.2, 0) is 14.3 Å². The summed E-state index contributed by atoms with van der Waals surface area (Å²) in [5.74, 6) is -0.383. The first-order valence-electron chi connectivity index (χ1n) is 6.18. The number of ether oxygens (including phenoxy) is 2. The molecule has 0 aliphatic carbocycles. The molecule has 1 fully saturated rings. The van der Waals surface area contributed by atoms with Crippen molar-refractivity contribution in [3.05, 3.63) is 0 Å². The van der Waals surface area contributed by atoms with Crippen LogP contribution in [0.4, 0.5) is 4.79 Å². The average Bonchev–Trinajstić information content (AvgIpc) is 2.50. The smallest absolute Gasteiger partial charge is 0.411 e. The third kappa shape index (κ3) is 3.15. The Morgan fingerprint density at radius 2 is 1.83 bits per heavy atom. The van der Waals surface area contributed by atoms with Gasteiger partial charge in [-0.25, -0.2) is 9.59 Å². The van der Waals surface area contributed by atoms with Crippen molar-refractivity contribution < 1.29 is 19.1 Å². The first-order chi connectivity index (χ1) is 8.08. The molecule has 1 rings (SSSR count). The Labute approximate surface area is 108 Å². The fourth-order valence-corrected chi connectivity index (χ4v) is 2.21. The molecule has 1 atom stereocenters. The molecule has 1 heterocycles.